The standard InChI is InChI=1S/C28H27F3N6O3/c1-3-23(17-11-19(30)13-20(31)12-17)37-25(21-7-10-36(4-2)34-21)33-26(38)24(28(37)40)27(39)35-9-6-16(15-35)22-14-18(29)5-8-32-22/h5,7-8,10-14,16,23,38H,3-4,6,9,15H2,1-2H3/t16?,23-/m0/s1. The molecule has 1 aromatic carbocycles. The van der Waals surface area contributed by atoms with Crippen molar-refractivity contribution in [3.05, 3.63) is 93.4 Å². The van der Waals surface area contributed by atoms with Crippen molar-refractivity contribution in [2.45, 2.75) is 45.2 Å². The van der Waals surface area contributed by atoms with E-state index in [1.165, 1.54) is 23.2 Å². The van der Waals surface area contributed by atoms with Crippen molar-refractivity contribution in [3.63, 3.8) is 0 Å². The Labute approximate surface area is 227 Å². The Balaban J connectivity index is 1.61. The number of nitrogens with zero attached hydrogens (tertiary/aromatic N) is 6. The van der Waals surface area contributed by atoms with E-state index in [-0.39, 0.29) is 42.5 Å². The van der Waals surface area contributed by atoms with Gasteiger partial charge in [-0.05, 0) is 55.7 Å². The maximum absolute atomic E-state index is 14.2. The minimum atomic E-state index is -0.929. The molecule has 0 spiro atoms. The molecule has 208 valence electrons. The smallest absolute Gasteiger partial charge is 0.271 e. The molecule has 1 fully saturated rings. The molecule has 0 saturated carbocycles. The van der Waals surface area contributed by atoms with Crippen molar-refractivity contribution >= 4 is 5.91 Å². The van der Waals surface area contributed by atoms with Crippen molar-refractivity contribution in [3.8, 4) is 17.4 Å². The number of hydrogen-bond donors (Lipinski definition) is 1. The number of pyridine rings is 1. The first kappa shape index (κ1) is 27.1. The number of likely N-dealkylation sites (tertiary alicyclic amines) is 1. The van der Waals surface area contributed by atoms with Crippen LogP contribution in [0, 0.1) is 17.5 Å². The van der Waals surface area contributed by atoms with E-state index in [1.54, 1.807) is 23.9 Å². The lowest BCUT2D eigenvalue weighted by atomic mass is 10.0. The Bertz CT molecular complexity index is 1620. The number of aryl methyl sites for hydroxylation is 1. The first-order chi connectivity index (χ1) is 19.2. The van der Waals surface area contributed by atoms with Gasteiger partial charge in [0.1, 0.15) is 23.1 Å². The van der Waals surface area contributed by atoms with E-state index in [9.17, 15) is 27.9 Å². The van der Waals surface area contributed by atoms with E-state index >= 15 is 0 Å². The number of carbonyl (C=O) groups is 1. The summed E-state index contributed by atoms with van der Waals surface area (Å²) >= 11 is 0. The van der Waals surface area contributed by atoms with Crippen molar-refractivity contribution in [1.82, 2.24) is 29.2 Å². The molecule has 12 heteroatoms. The topological polar surface area (TPSA) is 106 Å². The van der Waals surface area contributed by atoms with Crippen molar-refractivity contribution in [2.24, 2.45) is 0 Å². The largest absolute Gasteiger partial charge is 0.493 e. The molecule has 5 rings (SSSR count). The predicted octanol–water partition coefficient (Wildman–Crippen LogP) is 4.27. The second kappa shape index (κ2) is 10.9. The van der Waals surface area contributed by atoms with Crippen LogP contribution < -0.4 is 5.56 Å². The summed E-state index contributed by atoms with van der Waals surface area (Å²) in [5.41, 5.74) is -0.565. The number of hydrogen-bond acceptors (Lipinski definition) is 6. The Morgan fingerprint density at radius 1 is 1.10 bits per heavy atom. The fraction of sp³-hybridized carbons (Fsp3) is 0.321. The van der Waals surface area contributed by atoms with Gasteiger partial charge in [-0.1, -0.05) is 6.92 Å². The van der Waals surface area contributed by atoms with Gasteiger partial charge in [0.2, 0.25) is 5.88 Å². The zero-order valence-electron chi connectivity index (χ0n) is 21.9. The highest BCUT2D eigenvalue weighted by Gasteiger charge is 2.34. The Kier molecular flexibility index (Phi) is 7.42. The number of rotatable bonds is 7. The molecule has 1 unspecified atom stereocenters. The van der Waals surface area contributed by atoms with E-state index in [0.717, 1.165) is 22.8 Å². The molecule has 40 heavy (non-hydrogen) atoms. The van der Waals surface area contributed by atoms with E-state index in [4.69, 9.17) is 0 Å². The van der Waals surface area contributed by atoms with E-state index in [0.29, 0.717) is 18.7 Å². The summed E-state index contributed by atoms with van der Waals surface area (Å²) in [5.74, 6) is -3.93. The van der Waals surface area contributed by atoms with E-state index in [2.05, 4.69) is 15.1 Å². The molecule has 1 N–H and O–H groups in total. The quantitative estimate of drug-likeness (QED) is 0.367. The molecular formula is C28H27F3N6O3. The monoisotopic (exact) mass is 552 g/mol. The average Bonchev–Trinajstić information content (AvgIpc) is 3.60. The van der Waals surface area contributed by atoms with Crippen LogP contribution in [0.3, 0.4) is 0 Å². The fourth-order valence-electron chi connectivity index (χ4n) is 5.16. The first-order valence-electron chi connectivity index (χ1n) is 13.0. The number of aromatic nitrogens is 5. The average molecular weight is 553 g/mol. The second-order valence-electron chi connectivity index (χ2n) is 9.63. The predicted molar refractivity (Wildman–Crippen MR) is 139 cm³/mol. The minimum absolute atomic E-state index is 0.0500. The van der Waals surface area contributed by atoms with Crippen LogP contribution in [0.5, 0.6) is 5.88 Å². The molecule has 4 aromatic rings. The van der Waals surface area contributed by atoms with Gasteiger partial charge in [0.15, 0.2) is 11.4 Å². The van der Waals surface area contributed by atoms with E-state index < -0.39 is 46.4 Å². The van der Waals surface area contributed by atoms with Crippen molar-refractivity contribution in [2.75, 3.05) is 13.1 Å². The number of aromatic hydroxyl groups is 1. The Hall–Kier alpha value is -4.48. The third kappa shape index (κ3) is 5.08. The highest BCUT2D eigenvalue weighted by atomic mass is 19.1. The normalized spacial score (nSPS) is 15.9. The minimum Gasteiger partial charge on any atom is -0.493 e. The fourth-order valence-corrected chi connectivity index (χ4v) is 5.16. The molecule has 9 nitrogen and oxygen atoms in total. The number of amides is 1. The number of carbonyl (C=O) groups excluding carboxylic acids is 1. The maximum Gasteiger partial charge on any atom is 0.271 e. The zero-order chi connectivity index (χ0) is 28.6. The lowest BCUT2D eigenvalue weighted by Crippen LogP contribution is -2.38. The molecule has 1 aliphatic heterocycles. The molecule has 2 atom stereocenters. The Morgan fingerprint density at radius 3 is 2.50 bits per heavy atom. The summed E-state index contributed by atoms with van der Waals surface area (Å²) in [6, 6.07) is 6.16. The first-order valence-corrected chi connectivity index (χ1v) is 13.0. The molecule has 1 amide bonds. The molecule has 3 aromatic heterocycles. The molecule has 0 radical (unpaired) electrons. The van der Waals surface area contributed by atoms with Gasteiger partial charge in [0.25, 0.3) is 11.5 Å². The summed E-state index contributed by atoms with van der Waals surface area (Å²) in [7, 11) is 0. The van der Waals surface area contributed by atoms with Gasteiger partial charge in [0.05, 0.1) is 6.04 Å². The molecule has 1 aliphatic rings. The highest BCUT2D eigenvalue weighted by Crippen LogP contribution is 2.31. The second-order valence-corrected chi connectivity index (χ2v) is 9.63. The van der Waals surface area contributed by atoms with Crippen LogP contribution in [0.2, 0.25) is 0 Å². The summed E-state index contributed by atoms with van der Waals surface area (Å²) in [5, 5.41) is 15.3. The van der Waals surface area contributed by atoms with Gasteiger partial charge in [-0.15, -0.1) is 0 Å². The van der Waals surface area contributed by atoms with Crippen LogP contribution >= 0.6 is 0 Å². The highest BCUT2D eigenvalue weighted by molar-refractivity contribution is 5.96. The van der Waals surface area contributed by atoms with Crippen LogP contribution in [0.15, 0.2) is 53.6 Å². The van der Waals surface area contributed by atoms with Crippen LogP contribution in [-0.2, 0) is 6.54 Å². The third-order valence-electron chi connectivity index (χ3n) is 7.11. The summed E-state index contributed by atoms with van der Waals surface area (Å²) in [6.45, 7) is 4.51. The van der Waals surface area contributed by atoms with Crippen LogP contribution in [0.25, 0.3) is 11.5 Å². The van der Waals surface area contributed by atoms with Crippen molar-refractivity contribution < 1.29 is 23.1 Å². The number of benzene rings is 1. The Morgan fingerprint density at radius 2 is 1.85 bits per heavy atom. The molecule has 1 saturated heterocycles. The molecular weight excluding hydrogens is 525 g/mol. The van der Waals surface area contributed by atoms with Gasteiger partial charge in [-0.3, -0.25) is 23.8 Å². The molecule has 0 aliphatic carbocycles. The zero-order valence-corrected chi connectivity index (χ0v) is 21.9. The van der Waals surface area contributed by atoms with Crippen LogP contribution in [0.4, 0.5) is 13.2 Å². The van der Waals surface area contributed by atoms with Crippen molar-refractivity contribution in [1.29, 1.82) is 0 Å². The lowest BCUT2D eigenvalue weighted by molar-refractivity contribution is 0.0784. The van der Waals surface area contributed by atoms with Gasteiger partial charge < -0.3 is 10.0 Å². The van der Waals surface area contributed by atoms with Gasteiger partial charge >= 0.3 is 0 Å². The summed E-state index contributed by atoms with van der Waals surface area (Å²) < 4.78 is 44.9. The summed E-state index contributed by atoms with van der Waals surface area (Å²) in [4.78, 5) is 37.4. The molecule has 0 bridgehead atoms. The van der Waals surface area contributed by atoms with Crippen LogP contribution in [-0.4, -0.2) is 53.3 Å². The SMILES string of the molecule is CC[C@@H](c1cc(F)cc(F)c1)n1c(-c2ccn(CC)n2)nc(O)c(C(=O)N2CCC(c3cc(F)ccn3)C2)c1=O. The summed E-state index contributed by atoms with van der Waals surface area (Å²) in [6.07, 6.45) is 3.70. The number of halogens is 3. The molecule has 4 heterocycles. The maximum atomic E-state index is 14.2. The van der Waals surface area contributed by atoms with Crippen LogP contribution in [0.1, 0.15) is 60.3 Å². The third-order valence-corrected chi connectivity index (χ3v) is 7.11. The van der Waals surface area contributed by atoms with Gasteiger partial charge in [-0.25, -0.2) is 13.2 Å². The van der Waals surface area contributed by atoms with E-state index in [1.807, 2.05) is 6.92 Å². The van der Waals surface area contributed by atoms with Gasteiger partial charge in [-0.2, -0.15) is 10.1 Å². The lowest BCUT2D eigenvalue weighted by Gasteiger charge is -2.24. The van der Waals surface area contributed by atoms with Gasteiger partial charge in [0, 0.05) is 49.7 Å².